The highest BCUT2D eigenvalue weighted by atomic mass is 32.1. The highest BCUT2D eigenvalue weighted by Gasteiger charge is 2.00. The van der Waals surface area contributed by atoms with Crippen molar-refractivity contribution in [2.45, 2.75) is 0 Å². The Morgan fingerprint density at radius 2 is 1.67 bits per heavy atom. The van der Waals surface area contributed by atoms with Gasteiger partial charge >= 0.3 is 0 Å². The second-order valence-corrected chi connectivity index (χ2v) is 3.41. The van der Waals surface area contributed by atoms with Crippen LogP contribution in [0.4, 0.5) is 0 Å². The van der Waals surface area contributed by atoms with Crippen LogP contribution in [0.1, 0.15) is 0 Å². The molecular formula is C8H9N7O2S. The van der Waals surface area contributed by atoms with Crippen molar-refractivity contribution in [1.82, 2.24) is 5.43 Å². The lowest BCUT2D eigenvalue weighted by Crippen LogP contribution is -2.49. The van der Waals surface area contributed by atoms with Crippen molar-refractivity contribution in [2.24, 2.45) is 32.5 Å². The molecule has 0 aromatic heterocycles. The first kappa shape index (κ1) is 13.4. The fraction of sp³-hybridized carbons (Fsp3) is 0. The van der Waals surface area contributed by atoms with Gasteiger partial charge in [0.15, 0.2) is 15.8 Å². The predicted molar refractivity (Wildman–Crippen MR) is 68.2 cm³/mol. The standard InChI is InChI=1S/C8H9N7O2S/c9-7(10)14-12-5-3(16)1-2-4(17)6(5)13-15-8(11)18/h1-2H,(H4,9,10,14)(H3,11,15,18). The molecule has 0 saturated carbocycles. The van der Waals surface area contributed by atoms with Crippen molar-refractivity contribution in [3.63, 3.8) is 0 Å². The van der Waals surface area contributed by atoms with Crippen LogP contribution in [0.2, 0.25) is 0 Å². The molecule has 0 fully saturated rings. The van der Waals surface area contributed by atoms with Crippen molar-refractivity contribution < 1.29 is 0 Å². The van der Waals surface area contributed by atoms with E-state index in [9.17, 15) is 9.59 Å². The van der Waals surface area contributed by atoms with Gasteiger partial charge in [-0.1, -0.05) is 0 Å². The molecule has 18 heavy (non-hydrogen) atoms. The predicted octanol–water partition coefficient (Wildman–Crippen LogP) is -3.98. The molecule has 0 amide bonds. The summed E-state index contributed by atoms with van der Waals surface area (Å²) in [7, 11) is 0. The lowest BCUT2D eigenvalue weighted by molar-refractivity contribution is 0.931. The van der Waals surface area contributed by atoms with E-state index in [1.54, 1.807) is 0 Å². The average molecular weight is 267 g/mol. The minimum atomic E-state index is -0.567. The molecule has 0 bridgehead atoms. The van der Waals surface area contributed by atoms with Gasteiger partial charge in [-0.3, -0.25) is 15.0 Å². The zero-order valence-electron chi connectivity index (χ0n) is 8.95. The third-order valence-electron chi connectivity index (χ3n) is 1.62. The summed E-state index contributed by atoms with van der Waals surface area (Å²) in [6, 6.07) is 2.07. The maximum absolute atomic E-state index is 11.5. The molecule has 0 radical (unpaired) electrons. The van der Waals surface area contributed by atoms with Crippen LogP contribution in [0, 0.1) is 0 Å². The fourth-order valence-corrected chi connectivity index (χ4v) is 1.01. The van der Waals surface area contributed by atoms with E-state index in [0.29, 0.717) is 0 Å². The molecule has 0 aliphatic carbocycles. The number of hydrogen-bond donors (Lipinski definition) is 4. The number of nitrogens with two attached hydrogens (primary N) is 3. The minimum Gasteiger partial charge on any atom is -0.375 e. The number of hydrogen-bond acceptors (Lipinski definition) is 6. The second kappa shape index (κ2) is 5.63. The minimum absolute atomic E-state index is 0.168. The maximum Gasteiger partial charge on any atom is 0.211 e. The van der Waals surface area contributed by atoms with Gasteiger partial charge < -0.3 is 17.2 Å². The molecule has 0 unspecified atom stereocenters. The van der Waals surface area contributed by atoms with E-state index >= 15 is 0 Å². The average Bonchev–Trinajstić information content (AvgIpc) is 2.28. The fourth-order valence-electron chi connectivity index (χ4n) is 0.966. The van der Waals surface area contributed by atoms with Gasteiger partial charge in [-0.15, -0.1) is 10.2 Å². The Kier molecular flexibility index (Phi) is 4.21. The van der Waals surface area contributed by atoms with E-state index in [0.717, 1.165) is 12.1 Å². The third kappa shape index (κ3) is 3.45. The SMILES string of the molecule is NC(=S)NN=c1c(=O)ccc(=O)c1=NN=C(N)N. The summed E-state index contributed by atoms with van der Waals surface area (Å²) >= 11 is 4.51. The zero-order chi connectivity index (χ0) is 13.7. The number of thiocarbonyl (C=S) groups is 1. The van der Waals surface area contributed by atoms with Gasteiger partial charge in [0.1, 0.15) is 0 Å². The van der Waals surface area contributed by atoms with Crippen molar-refractivity contribution in [2.75, 3.05) is 0 Å². The van der Waals surface area contributed by atoms with Gasteiger partial charge in [-0.05, 0) is 24.4 Å². The van der Waals surface area contributed by atoms with Gasteiger partial charge in [-0.25, -0.2) is 0 Å². The molecule has 0 aliphatic heterocycles. The summed E-state index contributed by atoms with van der Waals surface area (Å²) in [5.41, 5.74) is 16.3. The van der Waals surface area contributed by atoms with E-state index in [1.807, 2.05) is 0 Å². The molecule has 0 saturated heterocycles. The number of guanidine groups is 1. The summed E-state index contributed by atoms with van der Waals surface area (Å²) in [6.07, 6.45) is 0. The monoisotopic (exact) mass is 267 g/mol. The quantitative estimate of drug-likeness (QED) is 0.184. The number of nitrogens with zero attached hydrogens (tertiary/aromatic N) is 3. The lowest BCUT2D eigenvalue weighted by atomic mass is 10.3. The molecule has 0 aliphatic rings. The van der Waals surface area contributed by atoms with Crippen LogP contribution in [0.25, 0.3) is 0 Å². The van der Waals surface area contributed by atoms with Crippen LogP contribution in [0.15, 0.2) is 37.0 Å². The molecule has 1 aromatic carbocycles. The topological polar surface area (TPSA) is 161 Å². The van der Waals surface area contributed by atoms with Crippen LogP contribution in [0.3, 0.4) is 0 Å². The van der Waals surface area contributed by atoms with Gasteiger partial charge in [0, 0.05) is 0 Å². The normalized spacial score (nSPS) is 12.2. The van der Waals surface area contributed by atoms with Gasteiger partial charge in [0.25, 0.3) is 0 Å². The van der Waals surface area contributed by atoms with E-state index in [1.165, 1.54) is 0 Å². The molecular weight excluding hydrogens is 258 g/mol. The first-order chi connectivity index (χ1) is 8.41. The second-order valence-electron chi connectivity index (χ2n) is 2.97. The molecule has 94 valence electrons. The summed E-state index contributed by atoms with van der Waals surface area (Å²) in [6.45, 7) is 0. The van der Waals surface area contributed by atoms with Crippen LogP contribution < -0.4 is 44.2 Å². The summed E-state index contributed by atoms with van der Waals surface area (Å²) in [5, 5.41) is 9.56. The molecule has 7 N–H and O–H groups in total. The van der Waals surface area contributed by atoms with Gasteiger partial charge in [0.05, 0.1) is 0 Å². The van der Waals surface area contributed by atoms with Crippen molar-refractivity contribution in [3.05, 3.63) is 43.3 Å². The van der Waals surface area contributed by atoms with Gasteiger partial charge in [0.2, 0.25) is 16.8 Å². The van der Waals surface area contributed by atoms with E-state index < -0.39 is 10.9 Å². The molecule has 0 atom stereocenters. The van der Waals surface area contributed by atoms with E-state index in [-0.39, 0.29) is 21.8 Å². The Morgan fingerprint density at radius 1 is 1.11 bits per heavy atom. The molecule has 0 spiro atoms. The first-order valence-electron chi connectivity index (χ1n) is 4.48. The molecule has 0 heterocycles. The zero-order valence-corrected chi connectivity index (χ0v) is 9.77. The smallest absolute Gasteiger partial charge is 0.211 e. The number of rotatable bonds is 2. The largest absolute Gasteiger partial charge is 0.375 e. The summed E-state index contributed by atoms with van der Waals surface area (Å²) in [4.78, 5) is 23.0. The van der Waals surface area contributed by atoms with Crippen LogP contribution in [-0.2, 0) is 0 Å². The van der Waals surface area contributed by atoms with E-state index in [2.05, 4.69) is 32.9 Å². The van der Waals surface area contributed by atoms with Gasteiger partial charge in [-0.2, -0.15) is 5.10 Å². The number of benzene rings is 1. The van der Waals surface area contributed by atoms with Crippen LogP contribution in [0.5, 0.6) is 0 Å². The summed E-state index contributed by atoms with van der Waals surface area (Å²) in [5.74, 6) is -0.362. The number of nitrogens with one attached hydrogen (secondary N) is 1. The van der Waals surface area contributed by atoms with Crippen LogP contribution >= 0.6 is 12.2 Å². The Hall–Kier alpha value is -2.62. The Bertz CT molecular complexity index is 710. The highest BCUT2D eigenvalue weighted by Crippen LogP contribution is 1.63. The summed E-state index contributed by atoms with van der Waals surface area (Å²) < 4.78 is 0. The van der Waals surface area contributed by atoms with Crippen LogP contribution in [-0.4, -0.2) is 11.1 Å². The first-order valence-corrected chi connectivity index (χ1v) is 4.89. The Morgan fingerprint density at radius 3 is 2.17 bits per heavy atom. The molecule has 10 heteroatoms. The third-order valence-corrected chi connectivity index (χ3v) is 1.71. The van der Waals surface area contributed by atoms with Crippen molar-refractivity contribution >= 4 is 23.3 Å². The molecule has 1 aromatic rings. The van der Waals surface area contributed by atoms with Crippen molar-refractivity contribution in [3.8, 4) is 0 Å². The highest BCUT2D eigenvalue weighted by molar-refractivity contribution is 7.80. The Labute approximate surface area is 105 Å². The van der Waals surface area contributed by atoms with Crippen molar-refractivity contribution in [1.29, 1.82) is 0 Å². The Balaban J connectivity index is 3.64. The lowest BCUT2D eigenvalue weighted by Gasteiger charge is -1.92. The van der Waals surface area contributed by atoms with E-state index in [4.69, 9.17) is 17.2 Å². The maximum atomic E-state index is 11.5. The molecule has 9 nitrogen and oxygen atoms in total. The molecule has 1 rings (SSSR count).